The minimum Gasteiger partial charge on any atom is -0.323 e. The van der Waals surface area contributed by atoms with Crippen LogP contribution in [-0.4, -0.2) is 25.4 Å². The lowest BCUT2D eigenvalue weighted by Crippen LogP contribution is -2.07. The van der Waals surface area contributed by atoms with Gasteiger partial charge in [-0.05, 0) is 30.2 Å². The van der Waals surface area contributed by atoms with Crippen molar-refractivity contribution in [2.75, 3.05) is 5.88 Å². The van der Waals surface area contributed by atoms with Crippen molar-refractivity contribution in [3.8, 4) is 0 Å². The highest BCUT2D eigenvalue weighted by atomic mass is 35.5. The van der Waals surface area contributed by atoms with E-state index in [2.05, 4.69) is 26.4 Å². The number of aryl methyl sites for hydroxylation is 2. The molecule has 3 aromatic heterocycles. The lowest BCUT2D eigenvalue weighted by atomic mass is 10.1. The van der Waals surface area contributed by atoms with Crippen LogP contribution in [0.3, 0.4) is 0 Å². The normalized spacial score (nSPS) is 11.1. The van der Waals surface area contributed by atoms with E-state index >= 15 is 0 Å². The molecule has 0 saturated carbocycles. The summed E-state index contributed by atoms with van der Waals surface area (Å²) in [5.74, 6) is 1.55. The van der Waals surface area contributed by atoms with Gasteiger partial charge in [-0.2, -0.15) is 0 Å². The van der Waals surface area contributed by atoms with Gasteiger partial charge in [-0.3, -0.25) is 9.97 Å². The van der Waals surface area contributed by atoms with Crippen molar-refractivity contribution in [2.24, 2.45) is 0 Å². The summed E-state index contributed by atoms with van der Waals surface area (Å²) in [4.78, 5) is 13.0. The molecule has 0 aliphatic carbocycles. The number of fused-ring (bicyclic) bond motifs is 1. The van der Waals surface area contributed by atoms with Crippen molar-refractivity contribution in [3.63, 3.8) is 0 Å². The summed E-state index contributed by atoms with van der Waals surface area (Å²) in [5.41, 5.74) is 4.42. The molecule has 0 saturated heterocycles. The van der Waals surface area contributed by atoms with E-state index in [-0.39, 0.29) is 0 Å². The monoisotopic (exact) mass is 286 g/mol. The zero-order chi connectivity index (χ0) is 13.9. The first-order valence-corrected chi connectivity index (χ1v) is 7.07. The van der Waals surface area contributed by atoms with E-state index in [0.717, 1.165) is 29.8 Å². The lowest BCUT2D eigenvalue weighted by Gasteiger charge is -2.10. The van der Waals surface area contributed by atoms with Gasteiger partial charge in [0.25, 0.3) is 0 Å². The standard InChI is InChI=1S/C15H15ClN4/c1-11-3-6-17-8-12(11)10-20-14-4-7-18-9-13(14)19-15(20)2-5-16/h3-4,6-9H,2,5,10H2,1H3. The molecule has 0 aromatic carbocycles. The second kappa shape index (κ2) is 5.59. The highest BCUT2D eigenvalue weighted by Gasteiger charge is 2.11. The number of alkyl halides is 1. The second-order valence-electron chi connectivity index (χ2n) is 4.72. The largest absolute Gasteiger partial charge is 0.323 e. The number of hydrogen-bond acceptors (Lipinski definition) is 3. The van der Waals surface area contributed by atoms with Gasteiger partial charge in [0.2, 0.25) is 0 Å². The van der Waals surface area contributed by atoms with Gasteiger partial charge < -0.3 is 4.57 Å². The highest BCUT2D eigenvalue weighted by molar-refractivity contribution is 6.17. The van der Waals surface area contributed by atoms with Crippen LogP contribution < -0.4 is 0 Å². The molecule has 0 radical (unpaired) electrons. The van der Waals surface area contributed by atoms with Crippen LogP contribution in [-0.2, 0) is 13.0 Å². The minimum absolute atomic E-state index is 0.558. The Morgan fingerprint density at radius 3 is 2.75 bits per heavy atom. The topological polar surface area (TPSA) is 43.6 Å². The Balaban J connectivity index is 2.09. The SMILES string of the molecule is Cc1ccncc1Cn1c(CCCl)nc2cnccc21. The zero-order valence-electron chi connectivity index (χ0n) is 11.3. The number of halogens is 1. The summed E-state index contributed by atoms with van der Waals surface area (Å²) in [6, 6.07) is 4.02. The van der Waals surface area contributed by atoms with E-state index in [1.165, 1.54) is 11.1 Å². The molecular weight excluding hydrogens is 272 g/mol. The minimum atomic E-state index is 0.558. The van der Waals surface area contributed by atoms with Crippen LogP contribution in [0.2, 0.25) is 0 Å². The predicted molar refractivity (Wildman–Crippen MR) is 80.0 cm³/mol. The molecule has 0 unspecified atom stereocenters. The molecular formula is C15H15ClN4. The number of hydrogen-bond donors (Lipinski definition) is 0. The Bertz CT molecular complexity index is 736. The zero-order valence-corrected chi connectivity index (χ0v) is 12.0. The van der Waals surface area contributed by atoms with Crippen LogP contribution in [0.5, 0.6) is 0 Å². The maximum atomic E-state index is 5.89. The molecule has 0 aliphatic rings. The average molecular weight is 287 g/mol. The molecule has 20 heavy (non-hydrogen) atoms. The molecule has 3 aromatic rings. The molecule has 102 valence electrons. The van der Waals surface area contributed by atoms with Crippen LogP contribution >= 0.6 is 11.6 Å². The van der Waals surface area contributed by atoms with Crippen molar-refractivity contribution in [2.45, 2.75) is 19.9 Å². The Morgan fingerprint density at radius 1 is 1.15 bits per heavy atom. The Labute approximate surface area is 122 Å². The van der Waals surface area contributed by atoms with Gasteiger partial charge in [0, 0.05) is 30.9 Å². The van der Waals surface area contributed by atoms with E-state index in [9.17, 15) is 0 Å². The molecule has 0 amide bonds. The molecule has 3 heterocycles. The molecule has 0 aliphatic heterocycles. The highest BCUT2D eigenvalue weighted by Crippen LogP contribution is 2.18. The molecule has 3 rings (SSSR count). The third-order valence-corrected chi connectivity index (χ3v) is 3.61. The van der Waals surface area contributed by atoms with Gasteiger partial charge in [0.05, 0.1) is 18.3 Å². The van der Waals surface area contributed by atoms with Gasteiger partial charge in [0.1, 0.15) is 11.3 Å². The van der Waals surface area contributed by atoms with Crippen LogP contribution in [0.25, 0.3) is 11.0 Å². The molecule has 0 spiro atoms. The molecule has 4 nitrogen and oxygen atoms in total. The first kappa shape index (κ1) is 13.1. The number of rotatable bonds is 4. The molecule has 0 atom stereocenters. The predicted octanol–water partition coefficient (Wildman–Crippen LogP) is 2.96. The maximum Gasteiger partial charge on any atom is 0.111 e. The quantitative estimate of drug-likeness (QED) is 0.693. The first-order chi connectivity index (χ1) is 9.79. The molecule has 5 heteroatoms. The third kappa shape index (κ3) is 2.39. The average Bonchev–Trinajstić information content (AvgIpc) is 2.80. The lowest BCUT2D eigenvalue weighted by molar-refractivity contribution is 0.748. The van der Waals surface area contributed by atoms with E-state index in [1.807, 2.05) is 24.5 Å². The Kier molecular flexibility index (Phi) is 3.65. The summed E-state index contributed by atoms with van der Waals surface area (Å²) in [6.07, 6.45) is 8.05. The van der Waals surface area contributed by atoms with Crippen LogP contribution in [0.4, 0.5) is 0 Å². The van der Waals surface area contributed by atoms with Crippen molar-refractivity contribution in [1.82, 2.24) is 19.5 Å². The van der Waals surface area contributed by atoms with Gasteiger partial charge in [-0.15, -0.1) is 11.6 Å². The van der Waals surface area contributed by atoms with Crippen molar-refractivity contribution < 1.29 is 0 Å². The van der Waals surface area contributed by atoms with E-state index in [0.29, 0.717) is 5.88 Å². The summed E-state index contributed by atoms with van der Waals surface area (Å²) in [6.45, 7) is 2.85. The number of pyridine rings is 2. The second-order valence-corrected chi connectivity index (χ2v) is 5.10. The summed E-state index contributed by atoms with van der Waals surface area (Å²) in [5, 5.41) is 0. The smallest absolute Gasteiger partial charge is 0.111 e. The fourth-order valence-corrected chi connectivity index (χ4v) is 2.49. The van der Waals surface area contributed by atoms with Crippen LogP contribution in [0, 0.1) is 6.92 Å². The number of nitrogens with zero attached hydrogens (tertiary/aromatic N) is 4. The fraction of sp³-hybridized carbons (Fsp3) is 0.267. The van der Waals surface area contributed by atoms with Crippen molar-refractivity contribution in [3.05, 3.63) is 53.9 Å². The summed E-state index contributed by atoms with van der Waals surface area (Å²) < 4.78 is 2.20. The molecule has 0 fully saturated rings. The van der Waals surface area contributed by atoms with Gasteiger partial charge >= 0.3 is 0 Å². The number of imidazole rings is 1. The summed E-state index contributed by atoms with van der Waals surface area (Å²) in [7, 11) is 0. The summed E-state index contributed by atoms with van der Waals surface area (Å²) >= 11 is 5.89. The van der Waals surface area contributed by atoms with Crippen LogP contribution in [0.1, 0.15) is 17.0 Å². The third-order valence-electron chi connectivity index (χ3n) is 3.42. The maximum absolute atomic E-state index is 5.89. The van der Waals surface area contributed by atoms with Crippen molar-refractivity contribution >= 4 is 22.6 Å². The van der Waals surface area contributed by atoms with E-state index in [4.69, 9.17) is 11.6 Å². The van der Waals surface area contributed by atoms with Gasteiger partial charge in [0.15, 0.2) is 0 Å². The van der Waals surface area contributed by atoms with Crippen molar-refractivity contribution in [1.29, 1.82) is 0 Å². The van der Waals surface area contributed by atoms with Crippen LogP contribution in [0.15, 0.2) is 36.9 Å². The Hall–Kier alpha value is -1.94. The Morgan fingerprint density at radius 2 is 1.95 bits per heavy atom. The number of aromatic nitrogens is 4. The first-order valence-electron chi connectivity index (χ1n) is 6.54. The van der Waals surface area contributed by atoms with Gasteiger partial charge in [-0.1, -0.05) is 0 Å². The van der Waals surface area contributed by atoms with E-state index in [1.54, 1.807) is 12.4 Å². The molecule has 0 N–H and O–H groups in total. The molecule has 0 bridgehead atoms. The fourth-order valence-electron chi connectivity index (χ4n) is 2.32. The van der Waals surface area contributed by atoms with Gasteiger partial charge in [-0.25, -0.2) is 4.98 Å². The van der Waals surface area contributed by atoms with E-state index < -0.39 is 0 Å².